The van der Waals surface area contributed by atoms with Crippen LogP contribution in [0.2, 0.25) is 0 Å². The summed E-state index contributed by atoms with van der Waals surface area (Å²) in [5.74, 6) is -0.919. The summed E-state index contributed by atoms with van der Waals surface area (Å²) in [5, 5.41) is 0. The van der Waals surface area contributed by atoms with Crippen molar-refractivity contribution < 1.29 is 22.7 Å². The first-order valence-corrected chi connectivity index (χ1v) is 8.23. The molecule has 0 fully saturated rings. The van der Waals surface area contributed by atoms with Crippen molar-refractivity contribution in [3.8, 4) is 0 Å². The standard InChI is InChI=1S/C15H18O5S/c1-4-19-15(16)14-13(9-11(3)20-14)21(17,18)12-7-5-10(2)6-8-12/h5-8,11H,4,9H2,1-3H3/t11-/m0/s1. The fourth-order valence-electron chi connectivity index (χ4n) is 2.11. The first-order chi connectivity index (χ1) is 9.86. The molecule has 0 radical (unpaired) electrons. The van der Waals surface area contributed by atoms with Gasteiger partial charge in [0.15, 0.2) is 0 Å². The Bertz CT molecular complexity index is 671. The van der Waals surface area contributed by atoms with Crippen LogP contribution in [0.4, 0.5) is 0 Å². The van der Waals surface area contributed by atoms with E-state index in [9.17, 15) is 13.2 Å². The number of aryl methyl sites for hydroxylation is 1. The fraction of sp³-hybridized carbons (Fsp3) is 0.400. The molecule has 0 bridgehead atoms. The number of rotatable bonds is 4. The van der Waals surface area contributed by atoms with Crippen molar-refractivity contribution in [1.29, 1.82) is 0 Å². The molecule has 0 spiro atoms. The Morgan fingerprint density at radius 3 is 2.52 bits per heavy atom. The Kier molecular flexibility index (Phi) is 4.37. The Morgan fingerprint density at radius 2 is 1.95 bits per heavy atom. The average Bonchev–Trinajstić information content (AvgIpc) is 2.82. The molecule has 0 aliphatic carbocycles. The molecule has 0 unspecified atom stereocenters. The van der Waals surface area contributed by atoms with Crippen LogP contribution in [0.5, 0.6) is 0 Å². The van der Waals surface area contributed by atoms with Crippen molar-refractivity contribution in [2.75, 3.05) is 6.61 Å². The van der Waals surface area contributed by atoms with Crippen molar-refractivity contribution in [3.63, 3.8) is 0 Å². The third-order valence-electron chi connectivity index (χ3n) is 3.16. The maximum absolute atomic E-state index is 12.7. The van der Waals surface area contributed by atoms with E-state index >= 15 is 0 Å². The monoisotopic (exact) mass is 310 g/mol. The van der Waals surface area contributed by atoms with Gasteiger partial charge in [0.05, 0.1) is 11.5 Å². The van der Waals surface area contributed by atoms with Crippen LogP contribution in [0, 0.1) is 6.92 Å². The van der Waals surface area contributed by atoms with Crippen LogP contribution in [0.3, 0.4) is 0 Å². The number of benzene rings is 1. The van der Waals surface area contributed by atoms with Crippen LogP contribution in [-0.2, 0) is 24.1 Å². The number of hydrogen-bond acceptors (Lipinski definition) is 5. The van der Waals surface area contributed by atoms with Crippen molar-refractivity contribution in [2.45, 2.75) is 38.2 Å². The molecule has 2 rings (SSSR count). The summed E-state index contributed by atoms with van der Waals surface area (Å²) >= 11 is 0. The molecule has 1 aromatic rings. The van der Waals surface area contributed by atoms with Gasteiger partial charge in [-0.2, -0.15) is 0 Å². The molecule has 0 saturated carbocycles. The smallest absolute Gasteiger partial charge is 0.374 e. The lowest BCUT2D eigenvalue weighted by Gasteiger charge is -2.07. The van der Waals surface area contributed by atoms with Crippen molar-refractivity contribution >= 4 is 15.8 Å². The number of carbonyl (C=O) groups is 1. The van der Waals surface area contributed by atoms with E-state index in [1.807, 2.05) is 6.92 Å². The largest absolute Gasteiger partial charge is 0.482 e. The molecule has 1 aliphatic heterocycles. The molecule has 0 saturated heterocycles. The van der Waals surface area contributed by atoms with E-state index < -0.39 is 15.8 Å². The van der Waals surface area contributed by atoms with E-state index in [1.165, 1.54) is 12.1 Å². The van der Waals surface area contributed by atoms with Crippen LogP contribution in [0.25, 0.3) is 0 Å². The molecule has 1 atom stereocenters. The number of esters is 1. The summed E-state index contributed by atoms with van der Waals surface area (Å²) in [7, 11) is -3.75. The van der Waals surface area contributed by atoms with Gasteiger partial charge in [-0.15, -0.1) is 0 Å². The molecule has 0 N–H and O–H groups in total. The molecule has 114 valence electrons. The summed E-state index contributed by atoms with van der Waals surface area (Å²) in [6.07, 6.45) is -0.190. The number of carbonyl (C=O) groups excluding carboxylic acids is 1. The van der Waals surface area contributed by atoms with Gasteiger partial charge in [0, 0.05) is 6.42 Å². The van der Waals surface area contributed by atoms with E-state index in [4.69, 9.17) is 9.47 Å². The Hall–Kier alpha value is -1.82. The quantitative estimate of drug-likeness (QED) is 0.798. The maximum Gasteiger partial charge on any atom is 0.374 e. The lowest BCUT2D eigenvalue weighted by molar-refractivity contribution is -0.142. The Morgan fingerprint density at radius 1 is 1.33 bits per heavy atom. The van der Waals surface area contributed by atoms with Crippen LogP contribution in [0.15, 0.2) is 39.8 Å². The predicted molar refractivity (Wildman–Crippen MR) is 77.2 cm³/mol. The summed E-state index contributed by atoms with van der Waals surface area (Å²) < 4.78 is 35.5. The minimum absolute atomic E-state index is 0.00250. The van der Waals surface area contributed by atoms with Gasteiger partial charge in [0.25, 0.3) is 0 Å². The molecule has 6 heteroatoms. The van der Waals surface area contributed by atoms with Crippen LogP contribution in [-0.4, -0.2) is 27.1 Å². The third-order valence-corrected chi connectivity index (χ3v) is 5.06. The third kappa shape index (κ3) is 3.10. The molecular formula is C15H18O5S. The highest BCUT2D eigenvalue weighted by atomic mass is 32.2. The van der Waals surface area contributed by atoms with Gasteiger partial charge < -0.3 is 9.47 Å². The zero-order chi connectivity index (χ0) is 15.6. The molecule has 0 amide bonds. The SMILES string of the molecule is CCOC(=O)C1=C(S(=O)(=O)c2ccc(C)cc2)C[C@H](C)O1. The van der Waals surface area contributed by atoms with Crippen LogP contribution >= 0.6 is 0 Å². The topological polar surface area (TPSA) is 69.7 Å². The summed E-state index contributed by atoms with van der Waals surface area (Å²) in [4.78, 5) is 12.0. The zero-order valence-corrected chi connectivity index (χ0v) is 13.1. The van der Waals surface area contributed by atoms with E-state index in [1.54, 1.807) is 26.0 Å². The first-order valence-electron chi connectivity index (χ1n) is 6.75. The lowest BCUT2D eigenvalue weighted by atomic mass is 10.2. The van der Waals surface area contributed by atoms with Gasteiger partial charge in [0.2, 0.25) is 15.6 Å². The lowest BCUT2D eigenvalue weighted by Crippen LogP contribution is -2.13. The predicted octanol–water partition coefficient (Wildman–Crippen LogP) is 2.35. The van der Waals surface area contributed by atoms with Gasteiger partial charge in [-0.1, -0.05) is 17.7 Å². The molecule has 1 aliphatic rings. The minimum atomic E-state index is -3.75. The molecule has 1 aromatic carbocycles. The maximum atomic E-state index is 12.7. The zero-order valence-electron chi connectivity index (χ0n) is 12.3. The molecule has 21 heavy (non-hydrogen) atoms. The van der Waals surface area contributed by atoms with Gasteiger partial charge in [-0.25, -0.2) is 13.2 Å². The number of ether oxygens (including phenoxy) is 2. The minimum Gasteiger partial charge on any atom is -0.482 e. The number of sulfone groups is 1. The van der Waals surface area contributed by atoms with E-state index in [0.29, 0.717) is 0 Å². The normalized spacial score (nSPS) is 18.5. The van der Waals surface area contributed by atoms with Crippen LogP contribution < -0.4 is 0 Å². The van der Waals surface area contributed by atoms with Crippen molar-refractivity contribution in [2.24, 2.45) is 0 Å². The van der Waals surface area contributed by atoms with Gasteiger partial charge in [-0.05, 0) is 32.9 Å². The van der Waals surface area contributed by atoms with Gasteiger partial charge >= 0.3 is 5.97 Å². The second kappa shape index (κ2) is 5.89. The average molecular weight is 310 g/mol. The highest BCUT2D eigenvalue weighted by Gasteiger charge is 2.37. The Balaban J connectivity index is 2.47. The first kappa shape index (κ1) is 15.6. The summed E-state index contributed by atoms with van der Waals surface area (Å²) in [5.41, 5.74) is 0.963. The van der Waals surface area contributed by atoms with E-state index in [2.05, 4.69) is 0 Å². The van der Waals surface area contributed by atoms with E-state index in [-0.39, 0.29) is 34.7 Å². The van der Waals surface area contributed by atoms with Gasteiger partial charge in [0.1, 0.15) is 11.0 Å². The van der Waals surface area contributed by atoms with E-state index in [0.717, 1.165) is 5.56 Å². The molecule has 0 aromatic heterocycles. The number of hydrogen-bond donors (Lipinski definition) is 0. The second-order valence-electron chi connectivity index (χ2n) is 4.92. The van der Waals surface area contributed by atoms with Crippen molar-refractivity contribution in [3.05, 3.63) is 40.5 Å². The van der Waals surface area contributed by atoms with Gasteiger partial charge in [-0.3, -0.25) is 0 Å². The highest BCUT2D eigenvalue weighted by Crippen LogP contribution is 2.33. The molecule has 5 nitrogen and oxygen atoms in total. The highest BCUT2D eigenvalue weighted by molar-refractivity contribution is 7.95. The fourth-order valence-corrected chi connectivity index (χ4v) is 3.72. The van der Waals surface area contributed by atoms with Crippen molar-refractivity contribution in [1.82, 2.24) is 0 Å². The second-order valence-corrected chi connectivity index (χ2v) is 6.89. The Labute approximate surface area is 124 Å². The summed E-state index contributed by atoms with van der Waals surface area (Å²) in [6.45, 7) is 5.42. The van der Waals surface area contributed by atoms with Crippen LogP contribution in [0.1, 0.15) is 25.8 Å². The molecule has 1 heterocycles. The molecular weight excluding hydrogens is 292 g/mol. The summed E-state index contributed by atoms with van der Waals surface area (Å²) in [6, 6.07) is 6.50.